The lowest BCUT2D eigenvalue weighted by Gasteiger charge is -2.06. The Hall–Kier alpha value is -0.240. The first-order valence-electron chi connectivity index (χ1n) is 5.57. The highest BCUT2D eigenvalue weighted by atomic mass is 16.6. The van der Waals surface area contributed by atoms with E-state index in [0.717, 1.165) is 6.54 Å². The van der Waals surface area contributed by atoms with E-state index in [-0.39, 0.29) is 6.73 Å². The minimum atomic E-state index is 0.240. The third kappa shape index (κ3) is 13.8. The Bertz CT molecular complexity index is 113. The van der Waals surface area contributed by atoms with E-state index < -0.39 is 0 Å². The number of likely N-dealkylation sites (N-methyl/N-ethyl adjacent to an activating group) is 1. The van der Waals surface area contributed by atoms with Crippen LogP contribution in [0.25, 0.3) is 0 Å². The molecule has 0 aliphatic heterocycles. The van der Waals surface area contributed by atoms with Gasteiger partial charge in [-0.1, -0.05) is 0 Å². The molecule has 6 heteroatoms. The van der Waals surface area contributed by atoms with Gasteiger partial charge in [-0.25, -0.2) is 0 Å². The quantitative estimate of drug-likeness (QED) is 0.322. The Balaban J connectivity index is 2.83. The van der Waals surface area contributed by atoms with Gasteiger partial charge in [0, 0.05) is 6.54 Å². The van der Waals surface area contributed by atoms with Crippen LogP contribution in [-0.4, -0.2) is 66.6 Å². The van der Waals surface area contributed by atoms with Crippen molar-refractivity contribution in [3.63, 3.8) is 0 Å². The molecule has 0 radical (unpaired) electrons. The van der Waals surface area contributed by atoms with E-state index in [1.165, 1.54) is 0 Å². The zero-order valence-electron chi connectivity index (χ0n) is 10.1. The summed E-state index contributed by atoms with van der Waals surface area (Å²) >= 11 is 0. The summed E-state index contributed by atoms with van der Waals surface area (Å²) in [5.74, 6) is 0. The van der Waals surface area contributed by atoms with E-state index >= 15 is 0 Å². The van der Waals surface area contributed by atoms with Gasteiger partial charge in [0.1, 0.15) is 0 Å². The molecule has 0 atom stereocenters. The number of nitrogens with one attached hydrogen (secondary N) is 1. The molecule has 0 aliphatic carbocycles. The Kier molecular flexibility index (Phi) is 14.5. The van der Waals surface area contributed by atoms with Crippen LogP contribution in [0, 0.1) is 0 Å². The lowest BCUT2D eigenvalue weighted by atomic mass is 10.6. The maximum absolute atomic E-state index is 5.28. The van der Waals surface area contributed by atoms with Gasteiger partial charge >= 0.3 is 0 Å². The Morgan fingerprint density at radius 1 is 0.750 bits per heavy atom. The molecule has 0 rings (SSSR count). The number of rotatable bonds is 13. The van der Waals surface area contributed by atoms with Gasteiger partial charge in [-0.15, -0.1) is 0 Å². The number of nitrogens with two attached hydrogens (primary N) is 1. The maximum atomic E-state index is 5.28. The standard InChI is InChI=1S/C10H24N2O4/c1-12-2-3-13-4-5-14-6-7-15-8-9-16-10-11/h12H,2-11H2,1H3. The largest absolute Gasteiger partial charge is 0.378 e. The average molecular weight is 236 g/mol. The molecule has 0 aromatic rings. The monoisotopic (exact) mass is 236 g/mol. The molecule has 0 aliphatic rings. The van der Waals surface area contributed by atoms with Crippen LogP contribution < -0.4 is 11.1 Å². The van der Waals surface area contributed by atoms with Crippen molar-refractivity contribution in [2.75, 3.05) is 66.6 Å². The molecule has 98 valence electrons. The van der Waals surface area contributed by atoms with Gasteiger partial charge in [-0.05, 0) is 7.05 Å². The van der Waals surface area contributed by atoms with E-state index in [2.05, 4.69) is 5.32 Å². The fraction of sp³-hybridized carbons (Fsp3) is 1.00. The normalized spacial score (nSPS) is 10.9. The molecule has 0 unspecified atom stereocenters. The first-order chi connectivity index (χ1) is 7.91. The van der Waals surface area contributed by atoms with Crippen LogP contribution >= 0.6 is 0 Å². The minimum absolute atomic E-state index is 0.240. The van der Waals surface area contributed by atoms with Crippen molar-refractivity contribution in [3.05, 3.63) is 0 Å². The van der Waals surface area contributed by atoms with Crippen molar-refractivity contribution >= 4 is 0 Å². The Morgan fingerprint density at radius 2 is 1.19 bits per heavy atom. The van der Waals surface area contributed by atoms with Gasteiger partial charge in [0.25, 0.3) is 0 Å². The van der Waals surface area contributed by atoms with Crippen molar-refractivity contribution in [1.82, 2.24) is 5.32 Å². The van der Waals surface area contributed by atoms with Crippen LogP contribution in [-0.2, 0) is 18.9 Å². The van der Waals surface area contributed by atoms with Gasteiger partial charge in [-0.3, -0.25) is 0 Å². The molecule has 0 fully saturated rings. The summed E-state index contributed by atoms with van der Waals surface area (Å²) in [5.41, 5.74) is 5.14. The molecule has 16 heavy (non-hydrogen) atoms. The fourth-order valence-electron chi connectivity index (χ4n) is 0.917. The second-order valence-electron chi connectivity index (χ2n) is 3.02. The van der Waals surface area contributed by atoms with Crippen LogP contribution in [0.1, 0.15) is 0 Å². The molecule has 0 aromatic carbocycles. The molecule has 3 N–H and O–H groups in total. The van der Waals surface area contributed by atoms with E-state index in [0.29, 0.717) is 46.2 Å². The number of hydrogen-bond donors (Lipinski definition) is 2. The maximum Gasteiger partial charge on any atom is 0.0941 e. The molecule has 0 saturated carbocycles. The molecule has 0 bridgehead atoms. The van der Waals surface area contributed by atoms with Crippen molar-refractivity contribution in [1.29, 1.82) is 0 Å². The van der Waals surface area contributed by atoms with E-state index in [1.54, 1.807) is 0 Å². The van der Waals surface area contributed by atoms with E-state index in [9.17, 15) is 0 Å². The highest BCUT2D eigenvalue weighted by molar-refractivity contribution is 4.37. The van der Waals surface area contributed by atoms with Crippen LogP contribution in [0.2, 0.25) is 0 Å². The van der Waals surface area contributed by atoms with E-state index in [1.807, 2.05) is 7.05 Å². The van der Waals surface area contributed by atoms with E-state index in [4.69, 9.17) is 24.7 Å². The summed E-state index contributed by atoms with van der Waals surface area (Å²) in [6, 6.07) is 0. The summed E-state index contributed by atoms with van der Waals surface area (Å²) in [6.07, 6.45) is 0. The van der Waals surface area contributed by atoms with Gasteiger partial charge < -0.3 is 30.0 Å². The first-order valence-corrected chi connectivity index (χ1v) is 5.57. The topological polar surface area (TPSA) is 75.0 Å². The lowest BCUT2D eigenvalue weighted by Crippen LogP contribution is -2.17. The second kappa shape index (κ2) is 14.8. The first kappa shape index (κ1) is 15.8. The second-order valence-corrected chi connectivity index (χ2v) is 3.02. The molecular weight excluding hydrogens is 212 g/mol. The fourth-order valence-corrected chi connectivity index (χ4v) is 0.917. The summed E-state index contributed by atoms with van der Waals surface area (Å²) in [4.78, 5) is 0. The van der Waals surface area contributed by atoms with Gasteiger partial charge in [0.2, 0.25) is 0 Å². The summed E-state index contributed by atoms with van der Waals surface area (Å²) in [7, 11) is 1.89. The molecule has 0 aromatic heterocycles. The summed E-state index contributed by atoms with van der Waals surface area (Å²) in [5, 5.41) is 3.00. The van der Waals surface area contributed by atoms with Crippen LogP contribution in [0.4, 0.5) is 0 Å². The molecule has 0 amide bonds. The van der Waals surface area contributed by atoms with Crippen molar-refractivity contribution < 1.29 is 18.9 Å². The zero-order chi connectivity index (χ0) is 11.9. The number of ether oxygens (including phenoxy) is 4. The van der Waals surface area contributed by atoms with Crippen LogP contribution in [0.3, 0.4) is 0 Å². The molecule has 0 spiro atoms. The smallest absolute Gasteiger partial charge is 0.0941 e. The molecule has 0 heterocycles. The predicted molar refractivity (Wildman–Crippen MR) is 61.4 cm³/mol. The van der Waals surface area contributed by atoms with Gasteiger partial charge in [0.15, 0.2) is 0 Å². The Labute approximate surface area is 97.4 Å². The Morgan fingerprint density at radius 3 is 1.62 bits per heavy atom. The predicted octanol–water partition coefficient (Wildman–Crippen LogP) is -0.812. The van der Waals surface area contributed by atoms with Crippen molar-refractivity contribution in [2.45, 2.75) is 0 Å². The van der Waals surface area contributed by atoms with Crippen molar-refractivity contribution in [3.8, 4) is 0 Å². The third-order valence-corrected chi connectivity index (χ3v) is 1.73. The third-order valence-electron chi connectivity index (χ3n) is 1.73. The lowest BCUT2D eigenvalue weighted by molar-refractivity contribution is -0.000683. The van der Waals surface area contributed by atoms with Crippen LogP contribution in [0.15, 0.2) is 0 Å². The number of hydrogen-bond acceptors (Lipinski definition) is 6. The molecule has 0 saturated heterocycles. The SMILES string of the molecule is CNCCOCCOCCOCCOCN. The molecule has 6 nitrogen and oxygen atoms in total. The molecular formula is C10H24N2O4. The summed E-state index contributed by atoms with van der Waals surface area (Å²) in [6.45, 7) is 5.29. The average Bonchev–Trinajstić information content (AvgIpc) is 2.31. The van der Waals surface area contributed by atoms with Crippen molar-refractivity contribution in [2.24, 2.45) is 5.73 Å². The van der Waals surface area contributed by atoms with Gasteiger partial charge in [-0.2, -0.15) is 0 Å². The highest BCUT2D eigenvalue weighted by Gasteiger charge is 1.91. The zero-order valence-corrected chi connectivity index (χ0v) is 10.1. The highest BCUT2D eigenvalue weighted by Crippen LogP contribution is 1.81. The van der Waals surface area contributed by atoms with Crippen LogP contribution in [0.5, 0.6) is 0 Å². The summed E-state index contributed by atoms with van der Waals surface area (Å²) < 4.78 is 20.7. The van der Waals surface area contributed by atoms with Gasteiger partial charge in [0.05, 0.1) is 53.0 Å². The minimum Gasteiger partial charge on any atom is -0.378 e.